The number of hydrogen-bond donors (Lipinski definition) is 1. The van der Waals surface area contributed by atoms with Gasteiger partial charge >= 0.3 is 0 Å². The first-order chi connectivity index (χ1) is 12.4. The fourth-order valence-electron chi connectivity index (χ4n) is 3.11. The van der Waals surface area contributed by atoms with E-state index in [0.29, 0.717) is 11.9 Å². The predicted octanol–water partition coefficient (Wildman–Crippen LogP) is 1.67. The largest absolute Gasteiger partial charge is 0.382 e. The molecule has 2 aromatic rings. The number of nitrogens with zero attached hydrogens (tertiary/aromatic N) is 4. The molecular weight excluding hydrogens is 350 g/mol. The van der Waals surface area contributed by atoms with Gasteiger partial charge in [0.2, 0.25) is 15.8 Å². The lowest BCUT2D eigenvalue weighted by molar-refractivity contribution is 0.230. The van der Waals surface area contributed by atoms with Crippen LogP contribution in [0.5, 0.6) is 0 Å². The molecule has 1 saturated heterocycles. The molecule has 3 rings (SSSR count). The maximum Gasteiger partial charge on any atom is 0.227 e. The molecule has 0 radical (unpaired) electrons. The van der Waals surface area contributed by atoms with Gasteiger partial charge in [-0.2, -0.15) is 4.98 Å². The number of piperazine rings is 1. The Morgan fingerprint density at radius 2 is 1.77 bits per heavy atom. The number of sulfone groups is 1. The van der Waals surface area contributed by atoms with E-state index < -0.39 is 9.84 Å². The number of nitrogens with two attached hydrogens (primary N) is 1. The van der Waals surface area contributed by atoms with Gasteiger partial charge in [0.1, 0.15) is 10.7 Å². The standard InChI is InChI=1S/C18H25N5O2S/c1-14(2)13-22-8-10-23(11-9-22)18-20-12-16(17(19)21-18)26(24,25)15-6-4-3-5-7-15/h3-7,12,14H,8-11,13H2,1-2H3,(H2,19,20,21). The lowest BCUT2D eigenvalue weighted by Gasteiger charge is -2.35. The third kappa shape index (κ3) is 3.96. The van der Waals surface area contributed by atoms with Gasteiger partial charge < -0.3 is 10.6 Å². The van der Waals surface area contributed by atoms with Gasteiger partial charge in [-0.3, -0.25) is 4.90 Å². The van der Waals surface area contributed by atoms with E-state index in [1.54, 1.807) is 18.2 Å². The maximum atomic E-state index is 12.7. The molecule has 26 heavy (non-hydrogen) atoms. The van der Waals surface area contributed by atoms with Crippen molar-refractivity contribution in [3.63, 3.8) is 0 Å². The number of anilines is 2. The summed E-state index contributed by atoms with van der Waals surface area (Å²) in [6.07, 6.45) is 1.32. The Morgan fingerprint density at radius 3 is 2.35 bits per heavy atom. The molecule has 2 heterocycles. The van der Waals surface area contributed by atoms with Crippen molar-refractivity contribution in [1.29, 1.82) is 0 Å². The van der Waals surface area contributed by atoms with Crippen molar-refractivity contribution >= 4 is 21.6 Å². The topological polar surface area (TPSA) is 92.4 Å². The number of nitrogen functional groups attached to an aromatic ring is 1. The molecular formula is C18H25N5O2S. The van der Waals surface area contributed by atoms with Crippen molar-refractivity contribution in [3.8, 4) is 0 Å². The van der Waals surface area contributed by atoms with Crippen LogP contribution in [0.3, 0.4) is 0 Å². The maximum absolute atomic E-state index is 12.7. The van der Waals surface area contributed by atoms with E-state index in [4.69, 9.17) is 5.73 Å². The van der Waals surface area contributed by atoms with Crippen molar-refractivity contribution in [2.24, 2.45) is 5.92 Å². The quantitative estimate of drug-likeness (QED) is 0.850. The van der Waals surface area contributed by atoms with Gasteiger partial charge in [-0.25, -0.2) is 13.4 Å². The van der Waals surface area contributed by atoms with E-state index >= 15 is 0 Å². The molecule has 1 aliphatic heterocycles. The van der Waals surface area contributed by atoms with Crippen LogP contribution >= 0.6 is 0 Å². The van der Waals surface area contributed by atoms with Crippen LogP contribution in [0.4, 0.5) is 11.8 Å². The van der Waals surface area contributed by atoms with Gasteiger partial charge in [-0.1, -0.05) is 32.0 Å². The zero-order valence-corrected chi connectivity index (χ0v) is 16.0. The Bertz CT molecular complexity index is 847. The van der Waals surface area contributed by atoms with E-state index in [2.05, 4.69) is 28.7 Å². The Labute approximate surface area is 154 Å². The molecule has 0 aliphatic carbocycles. The first kappa shape index (κ1) is 18.6. The highest BCUT2D eigenvalue weighted by Gasteiger charge is 2.24. The third-order valence-corrected chi connectivity index (χ3v) is 6.18. The van der Waals surface area contributed by atoms with Crippen LogP contribution in [0.2, 0.25) is 0 Å². The number of aromatic nitrogens is 2. The highest BCUT2D eigenvalue weighted by Crippen LogP contribution is 2.25. The minimum atomic E-state index is -3.72. The SMILES string of the molecule is CC(C)CN1CCN(c2ncc(S(=O)(=O)c3ccccc3)c(N)n2)CC1. The van der Waals surface area contributed by atoms with Crippen molar-refractivity contribution in [1.82, 2.24) is 14.9 Å². The molecule has 1 aliphatic rings. The van der Waals surface area contributed by atoms with Gasteiger partial charge in [-0.05, 0) is 18.1 Å². The minimum absolute atomic E-state index is 0.0107. The van der Waals surface area contributed by atoms with Crippen LogP contribution in [0.25, 0.3) is 0 Å². The molecule has 7 nitrogen and oxygen atoms in total. The van der Waals surface area contributed by atoms with Crippen molar-refractivity contribution in [2.45, 2.75) is 23.6 Å². The molecule has 140 valence electrons. The van der Waals surface area contributed by atoms with E-state index in [0.717, 1.165) is 32.7 Å². The monoisotopic (exact) mass is 375 g/mol. The molecule has 1 aromatic carbocycles. The number of rotatable bonds is 5. The lowest BCUT2D eigenvalue weighted by atomic mass is 10.2. The Kier molecular flexibility index (Phi) is 5.43. The summed E-state index contributed by atoms with van der Waals surface area (Å²) < 4.78 is 25.4. The fourth-order valence-corrected chi connectivity index (χ4v) is 4.39. The van der Waals surface area contributed by atoms with E-state index in [1.165, 1.54) is 18.3 Å². The summed E-state index contributed by atoms with van der Waals surface area (Å²) in [7, 11) is -3.72. The predicted molar refractivity (Wildman–Crippen MR) is 102 cm³/mol. The van der Waals surface area contributed by atoms with Crippen LogP contribution in [-0.2, 0) is 9.84 Å². The molecule has 2 N–H and O–H groups in total. The van der Waals surface area contributed by atoms with Gasteiger partial charge in [0.15, 0.2) is 0 Å². The summed E-state index contributed by atoms with van der Waals surface area (Å²) in [4.78, 5) is 13.1. The minimum Gasteiger partial charge on any atom is -0.382 e. The molecule has 0 amide bonds. The summed E-state index contributed by atoms with van der Waals surface area (Å²) in [5.41, 5.74) is 5.98. The fraction of sp³-hybridized carbons (Fsp3) is 0.444. The zero-order chi connectivity index (χ0) is 18.7. The van der Waals surface area contributed by atoms with E-state index in [-0.39, 0.29) is 15.6 Å². The van der Waals surface area contributed by atoms with Gasteiger partial charge in [0, 0.05) is 32.7 Å². The second kappa shape index (κ2) is 7.59. The number of hydrogen-bond acceptors (Lipinski definition) is 7. The molecule has 1 fully saturated rings. The summed E-state index contributed by atoms with van der Waals surface area (Å²) in [5, 5.41) is 0. The second-order valence-corrected chi connectivity index (χ2v) is 8.84. The Balaban J connectivity index is 1.77. The van der Waals surface area contributed by atoms with Crippen molar-refractivity contribution < 1.29 is 8.42 Å². The van der Waals surface area contributed by atoms with Crippen LogP contribution in [0.15, 0.2) is 46.3 Å². The molecule has 0 bridgehead atoms. The van der Waals surface area contributed by atoms with Crippen molar-refractivity contribution in [3.05, 3.63) is 36.5 Å². The van der Waals surface area contributed by atoms with E-state index in [9.17, 15) is 8.42 Å². The zero-order valence-electron chi connectivity index (χ0n) is 15.2. The molecule has 0 unspecified atom stereocenters. The van der Waals surface area contributed by atoms with Crippen LogP contribution in [-0.4, -0.2) is 56.0 Å². The van der Waals surface area contributed by atoms with Crippen molar-refractivity contribution in [2.75, 3.05) is 43.4 Å². The third-order valence-electron chi connectivity index (χ3n) is 4.39. The second-order valence-electron chi connectivity index (χ2n) is 6.92. The van der Waals surface area contributed by atoms with Gasteiger partial charge in [-0.15, -0.1) is 0 Å². The molecule has 0 spiro atoms. The lowest BCUT2D eigenvalue weighted by Crippen LogP contribution is -2.48. The van der Waals surface area contributed by atoms with Crippen LogP contribution in [0.1, 0.15) is 13.8 Å². The van der Waals surface area contributed by atoms with Crippen LogP contribution < -0.4 is 10.6 Å². The Morgan fingerprint density at radius 1 is 1.12 bits per heavy atom. The van der Waals surface area contributed by atoms with Crippen LogP contribution in [0, 0.1) is 5.92 Å². The smallest absolute Gasteiger partial charge is 0.227 e. The van der Waals surface area contributed by atoms with E-state index in [1.807, 2.05) is 4.90 Å². The average molecular weight is 375 g/mol. The Hall–Kier alpha value is -2.19. The summed E-state index contributed by atoms with van der Waals surface area (Å²) in [6.45, 7) is 8.97. The summed E-state index contributed by atoms with van der Waals surface area (Å²) in [5.74, 6) is 1.11. The van der Waals surface area contributed by atoms with Gasteiger partial charge in [0.25, 0.3) is 0 Å². The highest BCUT2D eigenvalue weighted by atomic mass is 32.2. The summed E-state index contributed by atoms with van der Waals surface area (Å²) in [6, 6.07) is 8.19. The normalized spacial score (nSPS) is 16.2. The number of benzene rings is 1. The van der Waals surface area contributed by atoms with Gasteiger partial charge in [0.05, 0.1) is 11.1 Å². The molecule has 0 atom stereocenters. The average Bonchev–Trinajstić information content (AvgIpc) is 2.62. The first-order valence-electron chi connectivity index (χ1n) is 8.78. The first-order valence-corrected chi connectivity index (χ1v) is 10.3. The molecule has 0 saturated carbocycles. The highest BCUT2D eigenvalue weighted by molar-refractivity contribution is 7.91. The molecule has 8 heteroatoms. The molecule has 1 aromatic heterocycles. The summed E-state index contributed by atoms with van der Waals surface area (Å²) >= 11 is 0.